The van der Waals surface area contributed by atoms with E-state index in [1.807, 2.05) is 13.0 Å². The second-order valence-electron chi connectivity index (χ2n) is 5.28. The highest BCUT2D eigenvalue weighted by Gasteiger charge is 2.13. The van der Waals surface area contributed by atoms with Gasteiger partial charge in [-0.25, -0.2) is 13.8 Å². The number of ether oxygens (including phenoxy) is 1. The molecule has 1 N–H and O–H groups in total. The predicted octanol–water partition coefficient (Wildman–Crippen LogP) is 4.07. The number of nitrogens with zero attached hydrogens (tertiary/aromatic N) is 1. The van der Waals surface area contributed by atoms with E-state index in [0.717, 1.165) is 34.3 Å². The molecule has 24 heavy (non-hydrogen) atoms. The standard InChI is InChI=1S/C17H14F2N2O2S/c1-9-5-10(3-4-13(9)23-2)6-15(22)20-17-21-16-12(19)7-11(18)8-14(16)24-17/h3-5,7-8H,6H2,1-2H3,(H,20,21,22). The van der Waals surface area contributed by atoms with Gasteiger partial charge in [0.05, 0.1) is 18.2 Å². The van der Waals surface area contributed by atoms with Crippen LogP contribution in [0, 0.1) is 18.6 Å². The Balaban J connectivity index is 1.75. The third-order valence-electron chi connectivity index (χ3n) is 3.48. The van der Waals surface area contributed by atoms with Crippen LogP contribution >= 0.6 is 11.3 Å². The molecule has 3 rings (SSSR count). The minimum absolute atomic E-state index is 0.0528. The largest absolute Gasteiger partial charge is 0.496 e. The SMILES string of the molecule is COc1ccc(CC(=O)Nc2nc3c(F)cc(F)cc3s2)cc1C. The van der Waals surface area contributed by atoms with Gasteiger partial charge in [-0.05, 0) is 30.2 Å². The number of benzene rings is 2. The van der Waals surface area contributed by atoms with Gasteiger partial charge in [-0.15, -0.1) is 0 Å². The lowest BCUT2D eigenvalue weighted by atomic mass is 10.1. The molecule has 0 radical (unpaired) electrons. The van der Waals surface area contributed by atoms with Crippen molar-refractivity contribution in [3.8, 4) is 5.75 Å². The lowest BCUT2D eigenvalue weighted by Crippen LogP contribution is -2.14. The number of aryl methyl sites for hydroxylation is 1. The van der Waals surface area contributed by atoms with Crippen LogP contribution in [-0.4, -0.2) is 18.0 Å². The molecule has 0 saturated carbocycles. The van der Waals surface area contributed by atoms with Crippen LogP contribution in [0.1, 0.15) is 11.1 Å². The van der Waals surface area contributed by atoms with Crippen molar-refractivity contribution in [1.82, 2.24) is 4.98 Å². The van der Waals surface area contributed by atoms with E-state index in [-0.39, 0.29) is 23.0 Å². The smallest absolute Gasteiger partial charge is 0.230 e. The first-order valence-corrected chi connectivity index (χ1v) is 7.97. The van der Waals surface area contributed by atoms with Gasteiger partial charge in [0.25, 0.3) is 0 Å². The van der Waals surface area contributed by atoms with Gasteiger partial charge in [-0.3, -0.25) is 4.79 Å². The van der Waals surface area contributed by atoms with Gasteiger partial charge in [0.15, 0.2) is 10.9 Å². The molecule has 0 aliphatic rings. The van der Waals surface area contributed by atoms with Crippen molar-refractivity contribution < 1.29 is 18.3 Å². The molecule has 0 unspecified atom stereocenters. The maximum atomic E-state index is 13.6. The third-order valence-corrected chi connectivity index (χ3v) is 4.40. The molecule has 0 spiro atoms. The van der Waals surface area contributed by atoms with Crippen LogP contribution in [0.4, 0.5) is 13.9 Å². The first-order valence-electron chi connectivity index (χ1n) is 7.15. The number of carbonyl (C=O) groups excluding carboxylic acids is 1. The lowest BCUT2D eigenvalue weighted by Gasteiger charge is -2.07. The second-order valence-corrected chi connectivity index (χ2v) is 6.31. The fraction of sp³-hybridized carbons (Fsp3) is 0.176. The summed E-state index contributed by atoms with van der Waals surface area (Å²) in [4.78, 5) is 16.1. The van der Waals surface area contributed by atoms with E-state index in [1.54, 1.807) is 19.2 Å². The highest BCUT2D eigenvalue weighted by Crippen LogP contribution is 2.28. The summed E-state index contributed by atoms with van der Waals surface area (Å²) in [5, 5.41) is 2.86. The van der Waals surface area contributed by atoms with E-state index in [0.29, 0.717) is 4.70 Å². The van der Waals surface area contributed by atoms with Gasteiger partial charge in [0.2, 0.25) is 5.91 Å². The molecular formula is C17H14F2N2O2S. The minimum Gasteiger partial charge on any atom is -0.496 e. The lowest BCUT2D eigenvalue weighted by molar-refractivity contribution is -0.115. The predicted molar refractivity (Wildman–Crippen MR) is 89.6 cm³/mol. The molecule has 0 fully saturated rings. The molecule has 0 aliphatic heterocycles. The first kappa shape index (κ1) is 16.3. The quantitative estimate of drug-likeness (QED) is 0.773. The zero-order valence-corrected chi connectivity index (χ0v) is 13.8. The summed E-state index contributed by atoms with van der Waals surface area (Å²) in [5.41, 5.74) is 1.81. The van der Waals surface area contributed by atoms with E-state index >= 15 is 0 Å². The topological polar surface area (TPSA) is 51.2 Å². The molecule has 0 bridgehead atoms. The number of anilines is 1. The molecule has 3 aromatic rings. The summed E-state index contributed by atoms with van der Waals surface area (Å²) in [6.45, 7) is 1.89. The fourth-order valence-corrected chi connectivity index (χ4v) is 3.33. The Morgan fingerprint density at radius 3 is 2.79 bits per heavy atom. The van der Waals surface area contributed by atoms with Crippen molar-refractivity contribution in [2.45, 2.75) is 13.3 Å². The Hall–Kier alpha value is -2.54. The highest BCUT2D eigenvalue weighted by molar-refractivity contribution is 7.22. The van der Waals surface area contributed by atoms with Crippen LogP contribution in [0.25, 0.3) is 10.2 Å². The fourth-order valence-electron chi connectivity index (χ4n) is 2.41. The maximum Gasteiger partial charge on any atom is 0.230 e. The third kappa shape index (κ3) is 3.35. The average Bonchev–Trinajstić information content (AvgIpc) is 2.89. The summed E-state index contributed by atoms with van der Waals surface area (Å²) >= 11 is 1.03. The highest BCUT2D eigenvalue weighted by atomic mass is 32.1. The molecule has 7 heteroatoms. The van der Waals surface area contributed by atoms with Crippen LogP contribution in [-0.2, 0) is 11.2 Å². The number of hydrogen-bond acceptors (Lipinski definition) is 4. The molecule has 0 saturated heterocycles. The Morgan fingerprint density at radius 1 is 1.29 bits per heavy atom. The van der Waals surface area contributed by atoms with Gasteiger partial charge in [-0.1, -0.05) is 23.5 Å². The zero-order chi connectivity index (χ0) is 17.3. The number of amides is 1. The van der Waals surface area contributed by atoms with Gasteiger partial charge >= 0.3 is 0 Å². The average molecular weight is 348 g/mol. The molecule has 2 aromatic carbocycles. The molecule has 0 atom stereocenters. The maximum absolute atomic E-state index is 13.6. The summed E-state index contributed by atoms with van der Waals surface area (Å²) in [6, 6.07) is 7.44. The first-order chi connectivity index (χ1) is 11.5. The number of methoxy groups -OCH3 is 1. The Labute approximate surface area is 141 Å². The van der Waals surface area contributed by atoms with E-state index < -0.39 is 11.6 Å². The van der Waals surface area contributed by atoms with Crippen LogP contribution in [0.2, 0.25) is 0 Å². The molecule has 0 aliphatic carbocycles. The minimum atomic E-state index is -0.743. The molecule has 1 heterocycles. The van der Waals surface area contributed by atoms with Crippen LogP contribution in [0.15, 0.2) is 30.3 Å². The number of carbonyl (C=O) groups is 1. The molecule has 1 amide bonds. The van der Waals surface area contributed by atoms with Gasteiger partial charge < -0.3 is 10.1 Å². The zero-order valence-electron chi connectivity index (χ0n) is 13.0. The van der Waals surface area contributed by atoms with E-state index in [1.165, 1.54) is 6.07 Å². The normalized spacial score (nSPS) is 10.8. The van der Waals surface area contributed by atoms with Crippen LogP contribution in [0.5, 0.6) is 5.75 Å². The number of halogens is 2. The molecule has 124 valence electrons. The summed E-state index contributed by atoms with van der Waals surface area (Å²) in [7, 11) is 1.59. The van der Waals surface area contributed by atoms with Crippen molar-refractivity contribution in [3.05, 3.63) is 53.1 Å². The molecule has 1 aromatic heterocycles. The number of nitrogens with one attached hydrogen (secondary N) is 1. The Morgan fingerprint density at radius 2 is 2.08 bits per heavy atom. The van der Waals surface area contributed by atoms with Crippen LogP contribution < -0.4 is 10.1 Å². The van der Waals surface area contributed by atoms with Crippen LogP contribution in [0.3, 0.4) is 0 Å². The van der Waals surface area contributed by atoms with Gasteiger partial charge in [0, 0.05) is 6.07 Å². The number of fused-ring (bicyclic) bond motifs is 1. The Bertz CT molecular complexity index is 924. The van der Waals surface area contributed by atoms with Gasteiger partial charge in [-0.2, -0.15) is 0 Å². The summed E-state index contributed by atoms with van der Waals surface area (Å²) in [5.74, 6) is -0.940. The summed E-state index contributed by atoms with van der Waals surface area (Å²) < 4.78 is 32.4. The number of hydrogen-bond donors (Lipinski definition) is 1. The van der Waals surface area contributed by atoms with Crippen molar-refractivity contribution in [3.63, 3.8) is 0 Å². The van der Waals surface area contributed by atoms with Crippen molar-refractivity contribution in [2.24, 2.45) is 0 Å². The molecular weight excluding hydrogens is 334 g/mol. The molecule has 4 nitrogen and oxygen atoms in total. The summed E-state index contributed by atoms with van der Waals surface area (Å²) in [6.07, 6.45) is 0.150. The number of rotatable bonds is 4. The monoisotopic (exact) mass is 348 g/mol. The Kier molecular flexibility index (Phi) is 4.44. The van der Waals surface area contributed by atoms with Gasteiger partial charge in [0.1, 0.15) is 17.1 Å². The van der Waals surface area contributed by atoms with E-state index in [9.17, 15) is 13.6 Å². The second kappa shape index (κ2) is 6.52. The van der Waals surface area contributed by atoms with E-state index in [4.69, 9.17) is 4.74 Å². The van der Waals surface area contributed by atoms with E-state index in [2.05, 4.69) is 10.3 Å². The van der Waals surface area contributed by atoms with Crippen molar-refractivity contribution in [1.29, 1.82) is 0 Å². The van der Waals surface area contributed by atoms with Crippen molar-refractivity contribution >= 4 is 32.6 Å². The number of aromatic nitrogens is 1. The van der Waals surface area contributed by atoms with Crippen molar-refractivity contribution in [2.75, 3.05) is 12.4 Å². The number of thiazole rings is 1.